The smallest absolute Gasteiger partial charge is 0.219 e. The molecule has 3 saturated heterocycles. The molecule has 0 aliphatic carbocycles. The number of piperidine rings is 1. The van der Waals surface area contributed by atoms with Crippen molar-refractivity contribution in [2.24, 2.45) is 5.41 Å². The third-order valence-electron chi connectivity index (χ3n) is 8.03. The Morgan fingerprint density at radius 3 is 2.72 bits per heavy atom. The number of anilines is 2. The molecule has 4 aromatic heterocycles. The molecule has 0 unspecified atom stereocenters. The first-order valence-electron chi connectivity index (χ1n) is 13.1. The minimum Gasteiger partial charge on any atom is -0.377 e. The maximum atomic E-state index is 11.7. The summed E-state index contributed by atoms with van der Waals surface area (Å²) in [6, 6.07) is 10.1. The van der Waals surface area contributed by atoms with Gasteiger partial charge in [0.05, 0.1) is 53.5 Å². The van der Waals surface area contributed by atoms with Crippen LogP contribution in [0.1, 0.15) is 25.3 Å². The van der Waals surface area contributed by atoms with Crippen LogP contribution in [0, 0.1) is 16.7 Å². The average Bonchev–Trinajstić information content (AvgIpc) is 3.56. The van der Waals surface area contributed by atoms with E-state index < -0.39 is 0 Å². The summed E-state index contributed by atoms with van der Waals surface area (Å²) in [5, 5.41) is 28.0. The molecule has 12 heteroatoms. The van der Waals surface area contributed by atoms with E-state index in [2.05, 4.69) is 31.6 Å². The maximum Gasteiger partial charge on any atom is 0.219 e. The quantitative estimate of drug-likeness (QED) is 0.406. The van der Waals surface area contributed by atoms with E-state index in [0.29, 0.717) is 18.8 Å². The number of aromatic nitrogens is 5. The number of hydrogen-bond acceptors (Lipinski definition) is 10. The van der Waals surface area contributed by atoms with E-state index in [1.807, 2.05) is 35.4 Å². The first kappa shape index (κ1) is 24.0. The van der Waals surface area contributed by atoms with Gasteiger partial charge in [0.25, 0.3) is 0 Å². The normalized spacial score (nSPS) is 18.6. The molecule has 0 saturated carbocycles. The number of fused-ring (bicyclic) bond motifs is 1. The molecule has 1 amide bonds. The van der Waals surface area contributed by atoms with Gasteiger partial charge in [0.15, 0.2) is 5.01 Å². The van der Waals surface area contributed by atoms with Gasteiger partial charge in [-0.3, -0.25) is 9.78 Å². The van der Waals surface area contributed by atoms with Gasteiger partial charge >= 0.3 is 0 Å². The van der Waals surface area contributed by atoms with Gasteiger partial charge in [-0.2, -0.15) is 10.4 Å². The zero-order valence-electron chi connectivity index (χ0n) is 21.5. The molecule has 0 radical (unpaired) electrons. The van der Waals surface area contributed by atoms with Crippen LogP contribution in [-0.4, -0.2) is 81.0 Å². The van der Waals surface area contributed by atoms with Gasteiger partial charge in [-0.15, -0.1) is 10.2 Å². The van der Waals surface area contributed by atoms with Crippen LogP contribution in [-0.2, 0) is 9.53 Å². The molecule has 0 aromatic carbocycles. The highest BCUT2D eigenvalue weighted by Crippen LogP contribution is 2.44. The van der Waals surface area contributed by atoms with E-state index in [9.17, 15) is 10.1 Å². The Bertz CT molecular complexity index is 1600. The summed E-state index contributed by atoms with van der Waals surface area (Å²) in [7, 11) is 0. The molecule has 7 rings (SSSR count). The van der Waals surface area contributed by atoms with Crippen LogP contribution in [0.15, 0.2) is 36.7 Å². The van der Waals surface area contributed by atoms with Crippen molar-refractivity contribution in [3.63, 3.8) is 0 Å². The van der Waals surface area contributed by atoms with Crippen LogP contribution in [0.2, 0.25) is 0 Å². The Hall–Kier alpha value is -4.08. The first-order valence-corrected chi connectivity index (χ1v) is 13.9. The molecule has 3 aliphatic rings. The van der Waals surface area contributed by atoms with Crippen molar-refractivity contribution >= 4 is 33.6 Å². The van der Waals surface area contributed by atoms with Crippen molar-refractivity contribution in [1.29, 1.82) is 5.26 Å². The van der Waals surface area contributed by atoms with Gasteiger partial charge in [0, 0.05) is 50.4 Å². The minimum atomic E-state index is 0.168. The van der Waals surface area contributed by atoms with E-state index in [1.54, 1.807) is 29.0 Å². The number of pyridine rings is 1. The molecule has 39 heavy (non-hydrogen) atoms. The monoisotopic (exact) mass is 541 g/mol. The molecular formula is C27H27N9O2S. The summed E-state index contributed by atoms with van der Waals surface area (Å²) >= 11 is 1.58. The summed E-state index contributed by atoms with van der Waals surface area (Å²) < 4.78 is 7.19. The fraction of sp³-hybridized carbons (Fsp3) is 0.407. The summed E-state index contributed by atoms with van der Waals surface area (Å²) in [6.45, 7) is 6.56. The molecule has 1 N–H and O–H groups in total. The molecule has 7 heterocycles. The van der Waals surface area contributed by atoms with Crippen LogP contribution in [0.3, 0.4) is 0 Å². The summed E-state index contributed by atoms with van der Waals surface area (Å²) in [6.07, 6.45) is 5.49. The number of nitrogens with one attached hydrogen (secondary N) is 1. The Balaban J connectivity index is 1.14. The summed E-state index contributed by atoms with van der Waals surface area (Å²) in [4.78, 5) is 20.7. The maximum absolute atomic E-state index is 11.7. The molecule has 0 bridgehead atoms. The van der Waals surface area contributed by atoms with Crippen LogP contribution in [0.4, 0.5) is 10.8 Å². The number of amides is 1. The van der Waals surface area contributed by atoms with Gasteiger partial charge in [0.2, 0.25) is 11.0 Å². The van der Waals surface area contributed by atoms with E-state index in [1.165, 1.54) is 0 Å². The van der Waals surface area contributed by atoms with E-state index in [4.69, 9.17) is 9.72 Å². The fourth-order valence-corrected chi connectivity index (χ4v) is 6.51. The molecule has 3 fully saturated rings. The first-order chi connectivity index (χ1) is 19.0. The average molecular weight is 542 g/mol. The van der Waals surface area contributed by atoms with Crippen molar-refractivity contribution < 1.29 is 9.53 Å². The van der Waals surface area contributed by atoms with Gasteiger partial charge in [-0.05, 0) is 37.1 Å². The van der Waals surface area contributed by atoms with Gasteiger partial charge in [-0.1, -0.05) is 11.3 Å². The number of ether oxygens (including phenoxy) is 1. The minimum absolute atomic E-state index is 0.168. The van der Waals surface area contributed by atoms with Crippen LogP contribution < -0.4 is 10.2 Å². The second kappa shape index (κ2) is 9.29. The highest BCUT2D eigenvalue weighted by Gasteiger charge is 2.46. The number of nitrogens with zero attached hydrogens (tertiary/aromatic N) is 8. The van der Waals surface area contributed by atoms with Crippen molar-refractivity contribution in [1.82, 2.24) is 29.7 Å². The third-order valence-corrected chi connectivity index (χ3v) is 9.05. The lowest BCUT2D eigenvalue weighted by Crippen LogP contribution is -2.60. The molecule has 11 nitrogen and oxygen atoms in total. The van der Waals surface area contributed by atoms with Crippen LogP contribution in [0.25, 0.3) is 27.5 Å². The fourth-order valence-electron chi connectivity index (χ4n) is 5.64. The molecule has 198 valence electrons. The summed E-state index contributed by atoms with van der Waals surface area (Å²) in [5.41, 5.74) is 5.07. The van der Waals surface area contributed by atoms with Crippen molar-refractivity contribution in [3.8, 4) is 28.0 Å². The van der Waals surface area contributed by atoms with Crippen molar-refractivity contribution in [3.05, 3.63) is 42.2 Å². The Morgan fingerprint density at radius 2 is 2.00 bits per heavy atom. The number of hydrogen-bond donors (Lipinski definition) is 1. The third kappa shape index (κ3) is 4.27. The molecular weight excluding hydrogens is 514 g/mol. The molecule has 3 aliphatic heterocycles. The van der Waals surface area contributed by atoms with Crippen molar-refractivity contribution in [2.75, 3.05) is 49.6 Å². The Labute approximate surface area is 229 Å². The van der Waals surface area contributed by atoms with Gasteiger partial charge in [0.1, 0.15) is 6.07 Å². The molecule has 0 atom stereocenters. The highest BCUT2D eigenvalue weighted by molar-refractivity contribution is 7.18. The predicted octanol–water partition coefficient (Wildman–Crippen LogP) is 3.05. The van der Waals surface area contributed by atoms with Crippen LogP contribution in [0.5, 0.6) is 0 Å². The Morgan fingerprint density at radius 1 is 1.18 bits per heavy atom. The van der Waals surface area contributed by atoms with Crippen molar-refractivity contribution in [2.45, 2.75) is 25.8 Å². The van der Waals surface area contributed by atoms with E-state index >= 15 is 0 Å². The van der Waals surface area contributed by atoms with Gasteiger partial charge < -0.3 is 19.9 Å². The second-order valence-electron chi connectivity index (χ2n) is 10.7. The molecule has 4 aromatic rings. The zero-order valence-corrected chi connectivity index (χ0v) is 22.3. The lowest BCUT2D eigenvalue weighted by molar-refractivity contribution is -0.131. The SMILES string of the molecule is CC(=O)N1CCC2(CC1)CN(c1nnc(-c3cnc(-c4ccc5cc(C#N)cnn45)cc3NC3COC3)s1)C2. The number of nitriles is 1. The number of likely N-dealkylation sites (tertiary alicyclic amines) is 1. The lowest BCUT2D eigenvalue weighted by atomic mass is 9.72. The van der Waals surface area contributed by atoms with Crippen LogP contribution >= 0.6 is 11.3 Å². The number of carbonyl (C=O) groups is 1. The van der Waals surface area contributed by atoms with E-state index in [0.717, 1.165) is 77.3 Å². The topological polar surface area (TPSA) is 125 Å². The van der Waals surface area contributed by atoms with E-state index in [-0.39, 0.29) is 17.4 Å². The highest BCUT2D eigenvalue weighted by atomic mass is 32.1. The zero-order chi connectivity index (χ0) is 26.6. The largest absolute Gasteiger partial charge is 0.377 e. The second-order valence-corrected chi connectivity index (χ2v) is 11.6. The van der Waals surface area contributed by atoms with Gasteiger partial charge in [-0.25, -0.2) is 4.52 Å². The number of rotatable bonds is 5. The predicted molar refractivity (Wildman–Crippen MR) is 146 cm³/mol. The summed E-state index contributed by atoms with van der Waals surface area (Å²) in [5.74, 6) is 0.168. The standard InChI is InChI=1S/C27H27N9O2S/c1-17(37)34-6-4-27(5-7-34)15-35(16-27)26-33-32-25(39-26)21-12-29-23(9-22(21)31-19-13-38-14-19)24-3-2-20-8-18(10-28)11-30-36(20)24/h2-3,8-9,11-12,19H,4-7,13-16H2,1H3,(H,29,31). The Kier molecular flexibility index (Phi) is 5.71. The number of carbonyl (C=O) groups excluding carboxylic acids is 1. The molecule has 1 spiro atoms. The lowest BCUT2D eigenvalue weighted by Gasteiger charge is -2.53.